The number of hydrogen-bond donors (Lipinski definition) is 4. The Morgan fingerprint density at radius 1 is 0.977 bits per heavy atom. The number of carbonyl (C=O) groups excluding carboxylic acids is 6. The minimum atomic E-state index is -0.975. The van der Waals surface area contributed by atoms with Gasteiger partial charge in [-0.1, -0.05) is 64.9 Å². The van der Waals surface area contributed by atoms with E-state index in [0.29, 0.717) is 25.8 Å². The van der Waals surface area contributed by atoms with Crippen LogP contribution in [-0.2, 0) is 24.0 Å². The number of rotatable bonds is 9. The van der Waals surface area contributed by atoms with Gasteiger partial charge in [-0.05, 0) is 49.9 Å². The molecule has 0 aromatic carbocycles. The van der Waals surface area contributed by atoms with Gasteiger partial charge in [0, 0.05) is 19.0 Å². The molecule has 2 heterocycles. The zero-order valence-corrected chi connectivity index (χ0v) is 25.7. The van der Waals surface area contributed by atoms with Crippen LogP contribution in [0.5, 0.6) is 0 Å². The van der Waals surface area contributed by atoms with Gasteiger partial charge in [0.25, 0.3) is 5.91 Å². The minimum Gasteiger partial charge on any atom is -0.346 e. The summed E-state index contributed by atoms with van der Waals surface area (Å²) in [5.74, 6) is -2.08. The average molecular weight is 600 g/mol. The second-order valence-corrected chi connectivity index (χ2v) is 13.1. The lowest BCUT2D eigenvalue weighted by atomic mass is 9.97. The Labute approximate surface area is 254 Å². The highest BCUT2D eigenvalue weighted by molar-refractivity contribution is 6.38. The molecule has 0 bridgehead atoms. The first-order valence-electron chi connectivity index (χ1n) is 16.3. The van der Waals surface area contributed by atoms with Crippen LogP contribution in [0.25, 0.3) is 0 Å². The monoisotopic (exact) mass is 599 g/mol. The molecule has 4 rings (SSSR count). The average Bonchev–Trinajstić information content (AvgIpc) is 3.92. The van der Waals surface area contributed by atoms with Crippen molar-refractivity contribution in [3.8, 4) is 0 Å². The van der Waals surface area contributed by atoms with E-state index < -0.39 is 47.8 Å². The third kappa shape index (κ3) is 8.66. The van der Waals surface area contributed by atoms with Crippen molar-refractivity contribution in [1.29, 1.82) is 0 Å². The molecule has 4 N–H and O–H groups in total. The standard InChI is InChI=1S/C32H49N5O6/c1-4-16-33-30(41)28(39)23-12-10-8-6-5-7-9-11-13-24(31(42)37-18-21-17-22(21)26(37)29(40)34-23)35-32(43)36-25(19(2)3)27(38)20-14-15-20/h4,19-26H,1,5-18H2,2-3H3,(H,33,41)(H,34,40)(H2,35,36,43)/t21-,22-,23-,24-,25-,26-/m0/s1. The summed E-state index contributed by atoms with van der Waals surface area (Å²) in [7, 11) is 0. The number of amides is 5. The van der Waals surface area contributed by atoms with E-state index in [1.54, 1.807) is 4.90 Å². The van der Waals surface area contributed by atoms with E-state index in [0.717, 1.165) is 57.8 Å². The largest absolute Gasteiger partial charge is 0.346 e. The summed E-state index contributed by atoms with van der Waals surface area (Å²) in [6.45, 7) is 7.90. The zero-order valence-electron chi connectivity index (χ0n) is 25.7. The van der Waals surface area contributed by atoms with Gasteiger partial charge in [0.05, 0.1) is 12.1 Å². The summed E-state index contributed by atoms with van der Waals surface area (Å²) in [4.78, 5) is 80.6. The molecule has 0 spiro atoms. The number of fused-ring (bicyclic) bond motifs is 3. The molecule has 2 saturated carbocycles. The first-order valence-corrected chi connectivity index (χ1v) is 16.3. The topological polar surface area (TPSA) is 154 Å². The second-order valence-electron chi connectivity index (χ2n) is 13.1. The van der Waals surface area contributed by atoms with Crippen molar-refractivity contribution in [1.82, 2.24) is 26.2 Å². The van der Waals surface area contributed by atoms with E-state index in [-0.39, 0.29) is 41.9 Å². The van der Waals surface area contributed by atoms with Crippen LogP contribution >= 0.6 is 0 Å². The van der Waals surface area contributed by atoms with Crippen LogP contribution in [0.2, 0.25) is 0 Å². The Hall–Kier alpha value is -3.24. The highest BCUT2D eigenvalue weighted by atomic mass is 16.2. The van der Waals surface area contributed by atoms with Crippen molar-refractivity contribution >= 4 is 35.3 Å². The first-order chi connectivity index (χ1) is 20.6. The molecular weight excluding hydrogens is 550 g/mol. The molecule has 43 heavy (non-hydrogen) atoms. The van der Waals surface area contributed by atoms with Crippen LogP contribution in [-0.4, -0.2) is 77.5 Å². The zero-order chi connectivity index (χ0) is 31.1. The third-order valence-corrected chi connectivity index (χ3v) is 9.29. The van der Waals surface area contributed by atoms with Gasteiger partial charge >= 0.3 is 6.03 Å². The molecule has 0 unspecified atom stereocenters. The van der Waals surface area contributed by atoms with Crippen molar-refractivity contribution in [3.63, 3.8) is 0 Å². The lowest BCUT2D eigenvalue weighted by molar-refractivity contribution is -0.143. The van der Waals surface area contributed by atoms with E-state index in [9.17, 15) is 28.8 Å². The van der Waals surface area contributed by atoms with E-state index in [1.165, 1.54) is 6.08 Å². The van der Waals surface area contributed by atoms with Crippen molar-refractivity contribution in [2.24, 2.45) is 23.7 Å². The maximum Gasteiger partial charge on any atom is 0.316 e. The quantitative estimate of drug-likeness (QED) is 0.236. The van der Waals surface area contributed by atoms with Gasteiger partial charge in [-0.15, -0.1) is 6.58 Å². The van der Waals surface area contributed by atoms with Crippen LogP contribution < -0.4 is 21.3 Å². The van der Waals surface area contributed by atoms with Gasteiger partial charge in [-0.2, -0.15) is 0 Å². The first kappa shape index (κ1) is 32.7. The summed E-state index contributed by atoms with van der Waals surface area (Å²) < 4.78 is 0. The predicted molar refractivity (Wildman–Crippen MR) is 161 cm³/mol. The molecule has 11 heteroatoms. The summed E-state index contributed by atoms with van der Waals surface area (Å²) in [5, 5.41) is 11.0. The maximum absolute atomic E-state index is 14.0. The number of urea groups is 1. The third-order valence-electron chi connectivity index (χ3n) is 9.29. The summed E-state index contributed by atoms with van der Waals surface area (Å²) in [5.41, 5.74) is 0. The van der Waals surface area contributed by atoms with Crippen LogP contribution in [0.4, 0.5) is 4.79 Å². The smallest absolute Gasteiger partial charge is 0.316 e. The van der Waals surface area contributed by atoms with Gasteiger partial charge in [0.2, 0.25) is 17.6 Å². The maximum atomic E-state index is 14.0. The molecule has 0 aromatic heterocycles. The lowest BCUT2D eigenvalue weighted by Crippen LogP contribution is -2.59. The van der Waals surface area contributed by atoms with Crippen LogP contribution in [0.3, 0.4) is 0 Å². The van der Waals surface area contributed by atoms with E-state index in [4.69, 9.17) is 0 Å². The molecule has 238 valence electrons. The van der Waals surface area contributed by atoms with Crippen molar-refractivity contribution < 1.29 is 28.8 Å². The SMILES string of the molecule is C=CCNC(=O)C(=O)[C@@H]1CCCCCCCCC[C@H](NC(=O)N[C@H](C(=O)C2CC2)C(C)C)C(=O)N2C[C@@H]3C[C@@H]3[C@H]2C(=O)N1. The van der Waals surface area contributed by atoms with E-state index in [1.807, 2.05) is 13.8 Å². The Morgan fingerprint density at radius 2 is 1.63 bits per heavy atom. The molecule has 2 saturated heterocycles. The fourth-order valence-electron chi connectivity index (χ4n) is 6.53. The van der Waals surface area contributed by atoms with Crippen molar-refractivity contribution in [2.45, 2.75) is 115 Å². The van der Waals surface area contributed by atoms with Gasteiger partial charge in [0.1, 0.15) is 12.1 Å². The van der Waals surface area contributed by atoms with Gasteiger partial charge in [0.15, 0.2) is 5.78 Å². The normalized spacial score (nSPS) is 29.0. The Morgan fingerprint density at radius 3 is 2.26 bits per heavy atom. The van der Waals surface area contributed by atoms with Crippen molar-refractivity contribution in [2.75, 3.05) is 13.1 Å². The molecular formula is C32H49N5O6. The molecule has 6 atom stereocenters. The van der Waals surface area contributed by atoms with Crippen molar-refractivity contribution in [3.05, 3.63) is 12.7 Å². The van der Waals surface area contributed by atoms with Crippen LogP contribution in [0.15, 0.2) is 12.7 Å². The minimum absolute atomic E-state index is 0.00339. The molecule has 0 radical (unpaired) electrons. The van der Waals surface area contributed by atoms with Gasteiger partial charge in [-0.3, -0.25) is 24.0 Å². The summed E-state index contributed by atoms with van der Waals surface area (Å²) in [6, 6.07) is -3.75. The number of nitrogens with one attached hydrogen (secondary N) is 4. The number of carbonyl (C=O) groups is 6. The molecule has 11 nitrogen and oxygen atoms in total. The highest BCUT2D eigenvalue weighted by Crippen LogP contribution is 2.50. The Kier molecular flexibility index (Phi) is 11.4. The number of nitrogens with zero attached hydrogens (tertiary/aromatic N) is 1. The second kappa shape index (κ2) is 15.0. The van der Waals surface area contributed by atoms with E-state index >= 15 is 0 Å². The number of hydrogen-bond acceptors (Lipinski definition) is 6. The van der Waals surface area contributed by atoms with Gasteiger partial charge < -0.3 is 26.2 Å². The fourth-order valence-corrected chi connectivity index (χ4v) is 6.53. The van der Waals surface area contributed by atoms with Gasteiger partial charge in [-0.25, -0.2) is 4.79 Å². The fraction of sp³-hybridized carbons (Fsp3) is 0.750. The summed E-state index contributed by atoms with van der Waals surface area (Å²) >= 11 is 0. The Bertz CT molecular complexity index is 1090. The Balaban J connectivity index is 1.49. The number of Topliss-reactive ketones (excluding diaryl/α,β-unsaturated/α-hetero) is 2. The molecule has 4 fully saturated rings. The van der Waals surface area contributed by atoms with Crippen LogP contribution in [0.1, 0.15) is 90.9 Å². The highest BCUT2D eigenvalue weighted by Gasteiger charge is 2.57. The summed E-state index contributed by atoms with van der Waals surface area (Å²) in [6.07, 6.45) is 11.0. The molecule has 0 aromatic rings. The van der Waals surface area contributed by atoms with Crippen LogP contribution in [0, 0.1) is 23.7 Å². The predicted octanol–water partition coefficient (Wildman–Crippen LogP) is 2.39. The van der Waals surface area contributed by atoms with E-state index in [2.05, 4.69) is 27.8 Å². The molecule has 4 aliphatic rings. The molecule has 2 aliphatic heterocycles. The lowest BCUT2D eigenvalue weighted by Gasteiger charge is -2.32. The molecule has 2 aliphatic carbocycles. The number of piperidine rings is 1. The molecule has 5 amide bonds. The number of ketones is 2.